The highest BCUT2D eigenvalue weighted by Gasteiger charge is 2.55. The van der Waals surface area contributed by atoms with Gasteiger partial charge in [0.2, 0.25) is 0 Å². The lowest BCUT2D eigenvalue weighted by Gasteiger charge is -2.49. The van der Waals surface area contributed by atoms with E-state index in [4.69, 9.17) is 8.85 Å². The first-order valence-electron chi connectivity index (χ1n) is 16.5. The standard InChI is InChI=1S/C41H50O3Si2/c1-32-33(28-29-42)30-34(43-45(40(2,3)4,35-20-12-8-13-21-35)36-22-14-9-15-23-36)31-39(32)44-46(41(5,6)7,37-24-16-10-17-25-37)38-26-18-11-19-27-38/h8-28,34,39,42H,1,29-31H2,2-7H3/b33-28-/t34-,39-/m0/s1. The zero-order valence-electron chi connectivity index (χ0n) is 28.4. The van der Waals surface area contributed by atoms with Crippen LogP contribution >= 0.6 is 0 Å². The van der Waals surface area contributed by atoms with Gasteiger partial charge in [0, 0.05) is 6.42 Å². The zero-order valence-corrected chi connectivity index (χ0v) is 30.4. The van der Waals surface area contributed by atoms with Crippen LogP contribution in [-0.2, 0) is 8.85 Å². The van der Waals surface area contributed by atoms with Crippen molar-refractivity contribution < 1.29 is 14.0 Å². The molecule has 4 aromatic rings. The zero-order chi connectivity index (χ0) is 33.0. The third-order valence-electron chi connectivity index (χ3n) is 9.56. The number of hydrogen-bond donors (Lipinski definition) is 1. The fraction of sp³-hybridized carbons (Fsp3) is 0.317. The predicted octanol–water partition coefficient (Wildman–Crippen LogP) is 7.15. The molecule has 0 aliphatic heterocycles. The molecule has 4 aromatic carbocycles. The van der Waals surface area contributed by atoms with Crippen LogP contribution in [0.25, 0.3) is 0 Å². The summed E-state index contributed by atoms with van der Waals surface area (Å²) in [5.74, 6) is 0. The van der Waals surface area contributed by atoms with Crippen LogP contribution in [0.2, 0.25) is 10.1 Å². The summed E-state index contributed by atoms with van der Waals surface area (Å²) in [5, 5.41) is 14.8. The topological polar surface area (TPSA) is 38.7 Å². The first-order valence-corrected chi connectivity index (χ1v) is 20.3. The van der Waals surface area contributed by atoms with Crippen molar-refractivity contribution >= 4 is 37.4 Å². The Hall–Kier alpha value is -3.33. The molecule has 0 amide bonds. The summed E-state index contributed by atoms with van der Waals surface area (Å²) in [6, 6.07) is 43.2. The lowest BCUT2D eigenvalue weighted by Crippen LogP contribution is -2.69. The first kappa shape index (κ1) is 34.0. The number of aliphatic hydroxyl groups is 1. The first-order chi connectivity index (χ1) is 21.9. The molecule has 1 aliphatic rings. The van der Waals surface area contributed by atoms with Crippen LogP contribution in [0.4, 0.5) is 0 Å². The van der Waals surface area contributed by atoms with Gasteiger partial charge in [-0.05, 0) is 48.4 Å². The summed E-state index contributed by atoms with van der Waals surface area (Å²) in [6.07, 6.45) is 2.88. The molecule has 0 bridgehead atoms. The largest absolute Gasteiger partial charge is 0.404 e. The maximum absolute atomic E-state index is 10.2. The second-order valence-corrected chi connectivity index (χ2v) is 23.1. The van der Waals surface area contributed by atoms with Crippen molar-refractivity contribution in [1.29, 1.82) is 0 Å². The van der Waals surface area contributed by atoms with Crippen molar-refractivity contribution in [3.63, 3.8) is 0 Å². The van der Waals surface area contributed by atoms with Crippen LogP contribution in [0.5, 0.6) is 0 Å². The number of hydrogen-bond acceptors (Lipinski definition) is 3. The summed E-state index contributed by atoms with van der Waals surface area (Å²) >= 11 is 0. The molecular formula is C41H50O3Si2. The van der Waals surface area contributed by atoms with E-state index < -0.39 is 16.6 Å². The summed E-state index contributed by atoms with van der Waals surface area (Å²) in [4.78, 5) is 0. The minimum atomic E-state index is -2.88. The van der Waals surface area contributed by atoms with E-state index in [2.05, 4.69) is 169 Å². The van der Waals surface area contributed by atoms with Gasteiger partial charge >= 0.3 is 0 Å². The molecule has 2 atom stereocenters. The van der Waals surface area contributed by atoms with Crippen LogP contribution < -0.4 is 20.7 Å². The smallest absolute Gasteiger partial charge is 0.261 e. The van der Waals surface area contributed by atoms with Gasteiger partial charge in [0.1, 0.15) is 0 Å². The molecule has 0 aromatic heterocycles. The van der Waals surface area contributed by atoms with E-state index in [1.165, 1.54) is 20.7 Å². The third kappa shape index (κ3) is 6.44. The van der Waals surface area contributed by atoms with E-state index in [0.29, 0.717) is 12.8 Å². The minimum Gasteiger partial charge on any atom is -0.404 e. The average molecular weight is 647 g/mol. The van der Waals surface area contributed by atoms with Crippen molar-refractivity contribution in [3.8, 4) is 0 Å². The Labute approximate surface area is 278 Å². The molecule has 0 unspecified atom stereocenters. The average Bonchev–Trinajstić information content (AvgIpc) is 3.05. The lowest BCUT2D eigenvalue weighted by atomic mass is 9.86. The van der Waals surface area contributed by atoms with E-state index in [-0.39, 0.29) is 28.9 Å². The van der Waals surface area contributed by atoms with Crippen LogP contribution in [-0.4, -0.2) is 40.6 Å². The molecule has 5 heteroatoms. The predicted molar refractivity (Wildman–Crippen MR) is 199 cm³/mol. The van der Waals surface area contributed by atoms with E-state index in [1.807, 2.05) is 6.08 Å². The number of rotatable bonds is 9. The maximum Gasteiger partial charge on any atom is 0.261 e. The Morgan fingerprint density at radius 2 is 0.978 bits per heavy atom. The summed E-state index contributed by atoms with van der Waals surface area (Å²) in [6.45, 7) is 18.5. The van der Waals surface area contributed by atoms with Gasteiger partial charge in [0.15, 0.2) is 0 Å². The minimum absolute atomic E-state index is 0.0494. The molecule has 0 heterocycles. The fourth-order valence-electron chi connectivity index (χ4n) is 7.43. The highest BCUT2D eigenvalue weighted by Crippen LogP contribution is 2.44. The van der Waals surface area contributed by atoms with E-state index in [1.54, 1.807) is 0 Å². The molecule has 46 heavy (non-hydrogen) atoms. The molecule has 5 rings (SSSR count). The van der Waals surface area contributed by atoms with Crippen LogP contribution in [0.3, 0.4) is 0 Å². The van der Waals surface area contributed by atoms with E-state index >= 15 is 0 Å². The molecular weight excluding hydrogens is 597 g/mol. The second-order valence-electron chi connectivity index (χ2n) is 14.5. The Kier molecular flexibility index (Phi) is 10.2. The van der Waals surface area contributed by atoms with Crippen molar-refractivity contribution in [1.82, 2.24) is 0 Å². The summed E-state index contributed by atoms with van der Waals surface area (Å²) in [7, 11) is -5.71. The second kappa shape index (κ2) is 13.8. The van der Waals surface area contributed by atoms with Gasteiger partial charge in [0.05, 0.1) is 18.8 Å². The Morgan fingerprint density at radius 1 is 0.630 bits per heavy atom. The van der Waals surface area contributed by atoms with Crippen LogP contribution in [0.1, 0.15) is 54.4 Å². The SMILES string of the molecule is C=C1/C(=C\CO)C[C@H](O[Si](c2ccccc2)(c2ccccc2)C(C)(C)C)C[C@@H]1O[Si](c1ccccc1)(c1ccccc1)C(C)(C)C. The van der Waals surface area contributed by atoms with Crippen molar-refractivity contribution in [2.24, 2.45) is 0 Å². The molecule has 1 fully saturated rings. The van der Waals surface area contributed by atoms with Crippen LogP contribution in [0.15, 0.2) is 145 Å². The molecule has 0 saturated heterocycles. The van der Waals surface area contributed by atoms with E-state index in [0.717, 1.165) is 11.1 Å². The maximum atomic E-state index is 10.2. The molecule has 0 spiro atoms. The third-order valence-corrected chi connectivity index (χ3v) is 19.7. The molecule has 240 valence electrons. The highest BCUT2D eigenvalue weighted by atomic mass is 28.4. The van der Waals surface area contributed by atoms with Gasteiger partial charge in [0.25, 0.3) is 16.6 Å². The van der Waals surface area contributed by atoms with Gasteiger partial charge in [-0.1, -0.05) is 176 Å². The lowest BCUT2D eigenvalue weighted by molar-refractivity contribution is 0.102. The van der Waals surface area contributed by atoms with Crippen molar-refractivity contribution in [2.45, 2.75) is 76.7 Å². The monoisotopic (exact) mass is 646 g/mol. The summed E-state index contributed by atoms with van der Waals surface area (Å²) < 4.78 is 15.4. The van der Waals surface area contributed by atoms with Gasteiger partial charge in [-0.2, -0.15) is 0 Å². The van der Waals surface area contributed by atoms with Crippen molar-refractivity contribution in [2.75, 3.05) is 6.61 Å². The molecule has 3 nitrogen and oxygen atoms in total. The molecule has 1 aliphatic carbocycles. The molecule has 1 saturated carbocycles. The fourth-order valence-corrected chi connectivity index (χ4v) is 16.8. The van der Waals surface area contributed by atoms with Crippen molar-refractivity contribution in [3.05, 3.63) is 145 Å². The normalized spacial score (nSPS) is 18.9. The van der Waals surface area contributed by atoms with Gasteiger partial charge < -0.3 is 14.0 Å². The summed E-state index contributed by atoms with van der Waals surface area (Å²) in [5.41, 5.74) is 1.98. The Bertz CT molecular complexity index is 1530. The Morgan fingerprint density at radius 3 is 1.30 bits per heavy atom. The van der Waals surface area contributed by atoms with Gasteiger partial charge in [-0.15, -0.1) is 0 Å². The highest BCUT2D eigenvalue weighted by molar-refractivity contribution is 7.00. The number of aliphatic hydroxyl groups excluding tert-OH is 1. The molecule has 1 N–H and O–H groups in total. The van der Waals surface area contributed by atoms with Gasteiger partial charge in [-0.3, -0.25) is 0 Å². The van der Waals surface area contributed by atoms with Gasteiger partial charge in [-0.25, -0.2) is 0 Å². The number of benzene rings is 4. The van der Waals surface area contributed by atoms with Crippen LogP contribution in [0, 0.1) is 0 Å². The molecule has 0 radical (unpaired) electrons. The Balaban J connectivity index is 1.65. The van der Waals surface area contributed by atoms with E-state index in [9.17, 15) is 5.11 Å². The quantitative estimate of drug-likeness (QED) is 0.197.